The zero-order valence-electron chi connectivity index (χ0n) is 8.07. The largest absolute Gasteiger partial charge is 0.365 e. The minimum Gasteiger partial charge on any atom is -0.365 e. The molecule has 4 nitrogen and oxygen atoms in total. The van der Waals surface area contributed by atoms with E-state index in [-0.39, 0.29) is 0 Å². The second kappa shape index (κ2) is 4.23. The number of aromatic nitrogens is 2. The Morgan fingerprint density at radius 3 is 3.00 bits per heavy atom. The summed E-state index contributed by atoms with van der Waals surface area (Å²) >= 11 is 3.32. The summed E-state index contributed by atoms with van der Waals surface area (Å²) in [4.78, 5) is 10.5. The van der Waals surface area contributed by atoms with Gasteiger partial charge in [-0.2, -0.15) is 0 Å². The molecule has 1 aliphatic rings. The summed E-state index contributed by atoms with van der Waals surface area (Å²) in [6, 6.07) is 2.44. The summed E-state index contributed by atoms with van der Waals surface area (Å²) in [5.41, 5.74) is 0. The van der Waals surface area contributed by atoms with E-state index in [4.69, 9.17) is 0 Å². The van der Waals surface area contributed by atoms with Crippen LogP contribution >= 0.6 is 15.9 Å². The standard InChI is InChI=1S/C9H13BrN4/c1-2-14-4-7(5-14)13-9-3-8(10)11-6-12-9/h3,6-7H,2,4-5H2,1H3,(H,11,12,13). The van der Waals surface area contributed by atoms with Crippen molar-refractivity contribution in [1.29, 1.82) is 0 Å². The molecule has 1 aromatic rings. The van der Waals surface area contributed by atoms with Crippen LogP contribution < -0.4 is 5.32 Å². The van der Waals surface area contributed by atoms with Gasteiger partial charge in [-0.25, -0.2) is 9.97 Å². The van der Waals surface area contributed by atoms with Crippen LogP contribution in [0, 0.1) is 0 Å². The minimum absolute atomic E-state index is 0.539. The molecule has 0 unspecified atom stereocenters. The summed E-state index contributed by atoms with van der Waals surface area (Å²) < 4.78 is 0.821. The smallest absolute Gasteiger partial charge is 0.130 e. The monoisotopic (exact) mass is 256 g/mol. The summed E-state index contributed by atoms with van der Waals surface area (Å²) in [6.07, 6.45) is 1.56. The molecular weight excluding hydrogens is 244 g/mol. The van der Waals surface area contributed by atoms with E-state index in [2.05, 4.69) is 43.0 Å². The molecule has 0 aliphatic carbocycles. The highest BCUT2D eigenvalue weighted by Gasteiger charge is 2.24. The topological polar surface area (TPSA) is 41.0 Å². The lowest BCUT2D eigenvalue weighted by Crippen LogP contribution is -2.54. The van der Waals surface area contributed by atoms with Gasteiger partial charge in [-0.15, -0.1) is 0 Å². The van der Waals surface area contributed by atoms with Gasteiger partial charge in [-0.05, 0) is 22.5 Å². The summed E-state index contributed by atoms with van der Waals surface area (Å²) in [5, 5.41) is 3.36. The molecule has 0 aromatic carbocycles. The molecule has 0 amide bonds. The predicted molar refractivity (Wildman–Crippen MR) is 59.3 cm³/mol. The number of anilines is 1. The lowest BCUT2D eigenvalue weighted by atomic mass is 10.1. The van der Waals surface area contributed by atoms with E-state index < -0.39 is 0 Å². The van der Waals surface area contributed by atoms with Crippen LogP contribution in [0.4, 0.5) is 5.82 Å². The molecule has 2 heterocycles. The van der Waals surface area contributed by atoms with E-state index in [1.165, 1.54) is 0 Å². The third kappa shape index (κ3) is 2.22. The van der Waals surface area contributed by atoms with Crippen molar-refractivity contribution in [2.24, 2.45) is 0 Å². The minimum atomic E-state index is 0.539. The van der Waals surface area contributed by atoms with Crippen LogP contribution in [0.3, 0.4) is 0 Å². The molecule has 0 spiro atoms. The Morgan fingerprint density at radius 2 is 2.36 bits per heavy atom. The van der Waals surface area contributed by atoms with Gasteiger partial charge >= 0.3 is 0 Å². The average Bonchev–Trinajstić information content (AvgIpc) is 2.10. The maximum atomic E-state index is 4.14. The summed E-state index contributed by atoms with van der Waals surface area (Å²) in [5.74, 6) is 0.896. The van der Waals surface area contributed by atoms with Gasteiger partial charge in [0.2, 0.25) is 0 Å². The maximum Gasteiger partial charge on any atom is 0.130 e. The number of hydrogen-bond donors (Lipinski definition) is 1. The fourth-order valence-corrected chi connectivity index (χ4v) is 1.85. The van der Waals surface area contributed by atoms with Crippen molar-refractivity contribution in [3.63, 3.8) is 0 Å². The van der Waals surface area contributed by atoms with Crippen LogP contribution in [-0.2, 0) is 0 Å². The van der Waals surface area contributed by atoms with E-state index >= 15 is 0 Å². The third-order valence-corrected chi connectivity index (χ3v) is 2.82. The molecule has 0 saturated carbocycles. The number of nitrogens with zero attached hydrogens (tertiary/aromatic N) is 3. The fraction of sp³-hybridized carbons (Fsp3) is 0.556. The molecule has 0 bridgehead atoms. The number of nitrogens with one attached hydrogen (secondary N) is 1. The second-order valence-corrected chi connectivity index (χ2v) is 4.23. The van der Waals surface area contributed by atoms with Crippen molar-refractivity contribution in [2.45, 2.75) is 13.0 Å². The molecule has 2 rings (SSSR count). The van der Waals surface area contributed by atoms with Crippen LogP contribution in [0.15, 0.2) is 17.0 Å². The molecule has 1 N–H and O–H groups in total. The predicted octanol–water partition coefficient (Wildman–Crippen LogP) is 1.36. The Hall–Kier alpha value is -0.680. The van der Waals surface area contributed by atoms with Gasteiger partial charge in [-0.1, -0.05) is 6.92 Å². The molecule has 14 heavy (non-hydrogen) atoms. The van der Waals surface area contributed by atoms with Gasteiger partial charge in [0.25, 0.3) is 0 Å². The zero-order valence-corrected chi connectivity index (χ0v) is 9.66. The Kier molecular flexibility index (Phi) is 2.98. The van der Waals surface area contributed by atoms with Crippen molar-refractivity contribution in [3.05, 3.63) is 17.0 Å². The van der Waals surface area contributed by atoms with Crippen molar-refractivity contribution in [2.75, 3.05) is 25.0 Å². The fourth-order valence-electron chi connectivity index (χ4n) is 1.54. The van der Waals surface area contributed by atoms with Crippen LogP contribution in [0.25, 0.3) is 0 Å². The first-order chi connectivity index (χ1) is 6.78. The van der Waals surface area contributed by atoms with E-state index in [1.807, 2.05) is 6.07 Å². The molecule has 76 valence electrons. The van der Waals surface area contributed by atoms with Gasteiger partial charge < -0.3 is 5.32 Å². The highest BCUT2D eigenvalue weighted by molar-refractivity contribution is 9.10. The normalized spacial score (nSPS) is 17.9. The second-order valence-electron chi connectivity index (χ2n) is 3.42. The highest BCUT2D eigenvalue weighted by atomic mass is 79.9. The Labute approximate surface area is 91.9 Å². The van der Waals surface area contributed by atoms with E-state index in [0.29, 0.717) is 6.04 Å². The van der Waals surface area contributed by atoms with E-state index in [1.54, 1.807) is 6.33 Å². The van der Waals surface area contributed by atoms with Gasteiger partial charge in [0.15, 0.2) is 0 Å². The first-order valence-corrected chi connectivity index (χ1v) is 5.53. The van der Waals surface area contributed by atoms with Crippen molar-refractivity contribution in [3.8, 4) is 0 Å². The van der Waals surface area contributed by atoms with Gasteiger partial charge in [0.1, 0.15) is 16.7 Å². The Bertz CT molecular complexity index is 311. The lowest BCUT2D eigenvalue weighted by Gasteiger charge is -2.39. The molecular formula is C9H13BrN4. The van der Waals surface area contributed by atoms with Crippen molar-refractivity contribution in [1.82, 2.24) is 14.9 Å². The molecule has 1 saturated heterocycles. The van der Waals surface area contributed by atoms with Crippen molar-refractivity contribution < 1.29 is 0 Å². The summed E-state index contributed by atoms with van der Waals surface area (Å²) in [7, 11) is 0. The average molecular weight is 257 g/mol. The quantitative estimate of drug-likeness (QED) is 0.830. The van der Waals surface area contributed by atoms with Crippen LogP contribution in [0.2, 0.25) is 0 Å². The lowest BCUT2D eigenvalue weighted by molar-refractivity contribution is 0.171. The number of rotatable bonds is 3. The molecule has 1 aromatic heterocycles. The van der Waals surface area contributed by atoms with Crippen LogP contribution in [-0.4, -0.2) is 40.5 Å². The first-order valence-electron chi connectivity index (χ1n) is 4.74. The maximum absolute atomic E-state index is 4.14. The van der Waals surface area contributed by atoms with E-state index in [0.717, 1.165) is 30.1 Å². The molecule has 0 atom stereocenters. The SMILES string of the molecule is CCN1CC(Nc2cc(Br)ncn2)C1. The highest BCUT2D eigenvalue weighted by Crippen LogP contribution is 2.15. The number of likely N-dealkylation sites (N-methyl/N-ethyl adjacent to an activating group) is 1. The van der Waals surface area contributed by atoms with E-state index in [9.17, 15) is 0 Å². The van der Waals surface area contributed by atoms with Crippen molar-refractivity contribution >= 4 is 21.7 Å². The molecule has 1 fully saturated rings. The summed E-state index contributed by atoms with van der Waals surface area (Å²) in [6.45, 7) is 5.53. The zero-order chi connectivity index (χ0) is 9.97. The number of likely N-dealkylation sites (tertiary alicyclic amines) is 1. The third-order valence-electron chi connectivity index (χ3n) is 2.39. The number of halogens is 1. The van der Waals surface area contributed by atoms with Gasteiger partial charge in [0.05, 0.1) is 6.04 Å². The molecule has 1 aliphatic heterocycles. The number of hydrogen-bond acceptors (Lipinski definition) is 4. The molecule has 5 heteroatoms. The van der Waals surface area contributed by atoms with Gasteiger partial charge in [0, 0.05) is 19.2 Å². The van der Waals surface area contributed by atoms with Crippen LogP contribution in [0.1, 0.15) is 6.92 Å². The Balaban J connectivity index is 1.87. The van der Waals surface area contributed by atoms with Crippen LogP contribution in [0.5, 0.6) is 0 Å². The molecule has 0 radical (unpaired) electrons. The first kappa shape index (κ1) is 9.86. The Morgan fingerprint density at radius 1 is 1.57 bits per heavy atom. The van der Waals surface area contributed by atoms with Gasteiger partial charge in [-0.3, -0.25) is 4.90 Å².